The SMILES string of the molecule is Cc1nc2ccccc2cc1C(=O)NCc1cccc(NC(=O)c2ccc(F)cc2)c1. The number of aryl methyl sites for hydroxylation is 1. The predicted octanol–water partition coefficient (Wildman–Crippen LogP) is 4.86. The molecule has 31 heavy (non-hydrogen) atoms. The molecule has 0 bridgehead atoms. The van der Waals surface area contributed by atoms with E-state index in [-0.39, 0.29) is 11.8 Å². The van der Waals surface area contributed by atoms with Crippen molar-refractivity contribution in [1.29, 1.82) is 0 Å². The quantitative estimate of drug-likeness (QED) is 0.491. The van der Waals surface area contributed by atoms with Crippen LogP contribution in [-0.4, -0.2) is 16.8 Å². The summed E-state index contributed by atoms with van der Waals surface area (Å²) in [5.74, 6) is -0.943. The molecule has 0 aliphatic rings. The molecule has 0 unspecified atom stereocenters. The number of nitrogens with one attached hydrogen (secondary N) is 2. The largest absolute Gasteiger partial charge is 0.348 e. The standard InChI is InChI=1S/C25H20FN3O2/c1-16-22(14-19-6-2-3-8-23(19)28-16)25(31)27-15-17-5-4-7-21(13-17)29-24(30)18-9-11-20(26)12-10-18/h2-14H,15H2,1H3,(H,27,31)(H,29,30). The van der Waals surface area contributed by atoms with Gasteiger partial charge in [0.25, 0.3) is 11.8 Å². The molecule has 0 radical (unpaired) electrons. The van der Waals surface area contributed by atoms with E-state index < -0.39 is 5.82 Å². The fourth-order valence-electron chi connectivity index (χ4n) is 3.28. The molecule has 2 amide bonds. The molecule has 0 fully saturated rings. The molecule has 1 aromatic heterocycles. The minimum absolute atomic E-state index is 0.212. The molecule has 0 saturated carbocycles. The number of nitrogens with zero attached hydrogens (tertiary/aromatic N) is 1. The molecule has 0 aliphatic carbocycles. The lowest BCUT2D eigenvalue weighted by atomic mass is 10.1. The van der Waals surface area contributed by atoms with Gasteiger partial charge in [-0.1, -0.05) is 30.3 Å². The van der Waals surface area contributed by atoms with Crippen LogP contribution in [0.3, 0.4) is 0 Å². The molecule has 1 heterocycles. The van der Waals surface area contributed by atoms with Gasteiger partial charge >= 0.3 is 0 Å². The summed E-state index contributed by atoms with van der Waals surface area (Å²) in [4.78, 5) is 29.5. The highest BCUT2D eigenvalue weighted by molar-refractivity contribution is 6.04. The molecule has 154 valence electrons. The van der Waals surface area contributed by atoms with Crippen molar-refractivity contribution in [3.05, 3.63) is 107 Å². The van der Waals surface area contributed by atoms with Gasteiger partial charge in [0.15, 0.2) is 0 Å². The third-order valence-corrected chi connectivity index (χ3v) is 4.90. The Labute approximate surface area is 178 Å². The topological polar surface area (TPSA) is 71.1 Å². The normalized spacial score (nSPS) is 10.6. The second kappa shape index (κ2) is 8.75. The van der Waals surface area contributed by atoms with Gasteiger partial charge in [-0.3, -0.25) is 14.6 Å². The van der Waals surface area contributed by atoms with Gasteiger partial charge in [0.1, 0.15) is 5.82 Å². The van der Waals surface area contributed by atoms with Gasteiger partial charge < -0.3 is 10.6 Å². The molecule has 2 N–H and O–H groups in total. The maximum atomic E-state index is 13.0. The lowest BCUT2D eigenvalue weighted by Gasteiger charge is -2.10. The van der Waals surface area contributed by atoms with E-state index in [1.807, 2.05) is 43.3 Å². The van der Waals surface area contributed by atoms with E-state index in [2.05, 4.69) is 15.6 Å². The highest BCUT2D eigenvalue weighted by atomic mass is 19.1. The molecule has 0 atom stereocenters. The van der Waals surface area contributed by atoms with Crippen LogP contribution in [0.25, 0.3) is 10.9 Å². The molecule has 6 heteroatoms. The first-order valence-electron chi connectivity index (χ1n) is 9.80. The minimum Gasteiger partial charge on any atom is -0.348 e. The summed E-state index contributed by atoms with van der Waals surface area (Å²) in [7, 11) is 0. The zero-order valence-electron chi connectivity index (χ0n) is 16.9. The molecule has 4 aromatic rings. The first-order chi connectivity index (χ1) is 15.0. The summed E-state index contributed by atoms with van der Waals surface area (Å²) < 4.78 is 13.0. The summed E-state index contributed by atoms with van der Waals surface area (Å²) >= 11 is 0. The van der Waals surface area contributed by atoms with E-state index in [0.29, 0.717) is 29.1 Å². The van der Waals surface area contributed by atoms with Gasteiger partial charge in [-0.05, 0) is 61.0 Å². The van der Waals surface area contributed by atoms with E-state index in [0.717, 1.165) is 16.5 Å². The molecule has 0 aliphatic heterocycles. The minimum atomic E-state index is -0.397. The summed E-state index contributed by atoms with van der Waals surface area (Å²) in [6.45, 7) is 2.11. The van der Waals surface area contributed by atoms with Crippen LogP contribution in [0.15, 0.2) is 78.9 Å². The van der Waals surface area contributed by atoms with E-state index in [9.17, 15) is 14.0 Å². The first-order valence-corrected chi connectivity index (χ1v) is 9.80. The van der Waals surface area contributed by atoms with Crippen molar-refractivity contribution in [3.8, 4) is 0 Å². The number of aromatic nitrogens is 1. The van der Waals surface area contributed by atoms with Crippen molar-refractivity contribution in [2.75, 3.05) is 5.32 Å². The number of hydrogen-bond acceptors (Lipinski definition) is 3. The number of benzene rings is 3. The molecule has 4 rings (SSSR count). The van der Waals surface area contributed by atoms with Crippen molar-refractivity contribution in [2.24, 2.45) is 0 Å². The number of fused-ring (bicyclic) bond motifs is 1. The van der Waals surface area contributed by atoms with Crippen LogP contribution in [-0.2, 0) is 6.54 Å². The third kappa shape index (κ3) is 4.75. The average molecular weight is 413 g/mol. The Morgan fingerprint density at radius 2 is 1.68 bits per heavy atom. The Hall–Kier alpha value is -4.06. The lowest BCUT2D eigenvalue weighted by molar-refractivity contribution is 0.0949. The fraction of sp³-hybridized carbons (Fsp3) is 0.0800. The van der Waals surface area contributed by atoms with Crippen molar-refractivity contribution in [3.63, 3.8) is 0 Å². The number of carbonyl (C=O) groups is 2. The highest BCUT2D eigenvalue weighted by Crippen LogP contribution is 2.17. The third-order valence-electron chi connectivity index (χ3n) is 4.90. The summed E-state index contributed by atoms with van der Waals surface area (Å²) in [5, 5.41) is 6.59. The summed E-state index contributed by atoms with van der Waals surface area (Å²) in [5.41, 5.74) is 3.82. The molecule has 0 spiro atoms. The second-order valence-electron chi connectivity index (χ2n) is 7.16. The average Bonchev–Trinajstić information content (AvgIpc) is 2.77. The predicted molar refractivity (Wildman–Crippen MR) is 118 cm³/mol. The van der Waals surface area contributed by atoms with Crippen molar-refractivity contribution < 1.29 is 14.0 Å². The fourth-order valence-corrected chi connectivity index (χ4v) is 3.28. The Kier molecular flexibility index (Phi) is 5.71. The molecule has 5 nitrogen and oxygen atoms in total. The van der Waals surface area contributed by atoms with Crippen molar-refractivity contribution in [2.45, 2.75) is 13.5 Å². The van der Waals surface area contributed by atoms with E-state index in [4.69, 9.17) is 0 Å². The van der Waals surface area contributed by atoms with Gasteiger partial charge in [0, 0.05) is 23.2 Å². The first kappa shape index (κ1) is 20.2. The number of para-hydroxylation sites is 1. The smallest absolute Gasteiger partial charge is 0.255 e. The second-order valence-corrected chi connectivity index (χ2v) is 7.16. The number of amides is 2. The van der Waals surface area contributed by atoms with E-state index >= 15 is 0 Å². The Bertz CT molecular complexity index is 1270. The Morgan fingerprint density at radius 3 is 2.48 bits per heavy atom. The maximum absolute atomic E-state index is 13.0. The van der Waals surface area contributed by atoms with Crippen LogP contribution >= 0.6 is 0 Å². The van der Waals surface area contributed by atoms with Crippen LogP contribution < -0.4 is 10.6 Å². The Balaban J connectivity index is 1.43. The highest BCUT2D eigenvalue weighted by Gasteiger charge is 2.12. The van der Waals surface area contributed by atoms with Gasteiger partial charge in [-0.2, -0.15) is 0 Å². The number of pyridine rings is 1. The summed E-state index contributed by atoms with van der Waals surface area (Å²) in [6, 6.07) is 22.0. The molecule has 3 aromatic carbocycles. The monoisotopic (exact) mass is 413 g/mol. The number of halogens is 1. The van der Waals surface area contributed by atoms with Crippen molar-refractivity contribution in [1.82, 2.24) is 10.3 Å². The van der Waals surface area contributed by atoms with E-state index in [1.165, 1.54) is 24.3 Å². The van der Waals surface area contributed by atoms with Crippen LogP contribution in [0, 0.1) is 12.7 Å². The van der Waals surface area contributed by atoms with Crippen molar-refractivity contribution >= 4 is 28.4 Å². The van der Waals surface area contributed by atoms with Gasteiger partial charge in [0.05, 0.1) is 16.8 Å². The number of anilines is 1. The van der Waals surface area contributed by atoms with Crippen LogP contribution in [0.1, 0.15) is 32.0 Å². The van der Waals surface area contributed by atoms with Crippen LogP contribution in [0.4, 0.5) is 10.1 Å². The van der Waals surface area contributed by atoms with Gasteiger partial charge in [-0.15, -0.1) is 0 Å². The number of hydrogen-bond donors (Lipinski definition) is 2. The van der Waals surface area contributed by atoms with Gasteiger partial charge in [0.2, 0.25) is 0 Å². The molecular formula is C25H20FN3O2. The van der Waals surface area contributed by atoms with E-state index in [1.54, 1.807) is 18.2 Å². The van der Waals surface area contributed by atoms with Crippen LogP contribution in [0.5, 0.6) is 0 Å². The van der Waals surface area contributed by atoms with Crippen LogP contribution in [0.2, 0.25) is 0 Å². The summed E-state index contributed by atoms with van der Waals surface area (Å²) in [6.07, 6.45) is 0. The number of rotatable bonds is 5. The molecular weight excluding hydrogens is 393 g/mol. The Morgan fingerprint density at radius 1 is 0.903 bits per heavy atom. The zero-order chi connectivity index (χ0) is 21.8. The lowest BCUT2D eigenvalue weighted by Crippen LogP contribution is -2.24. The molecule has 0 saturated heterocycles. The zero-order valence-corrected chi connectivity index (χ0v) is 16.9. The maximum Gasteiger partial charge on any atom is 0.255 e. The van der Waals surface area contributed by atoms with Gasteiger partial charge in [-0.25, -0.2) is 4.39 Å². The number of carbonyl (C=O) groups excluding carboxylic acids is 2.